The summed E-state index contributed by atoms with van der Waals surface area (Å²) in [5, 5.41) is 4.38. The molecule has 1 heterocycles. The standard InChI is InChI=1S/C20H21N3O/c1-16-8-6-7-9-18(16)12-20(24)22(2)14-17-13-21-23(15-17)19-10-4-3-5-11-19/h3-11,13,15H,12,14H2,1-2H3. The molecule has 4 nitrogen and oxygen atoms in total. The maximum atomic E-state index is 12.4. The van der Waals surface area contributed by atoms with Gasteiger partial charge in [-0.05, 0) is 30.2 Å². The molecule has 0 aliphatic carbocycles. The maximum Gasteiger partial charge on any atom is 0.227 e. The van der Waals surface area contributed by atoms with Crippen LogP contribution in [-0.2, 0) is 17.8 Å². The molecule has 1 amide bonds. The van der Waals surface area contributed by atoms with Crippen molar-refractivity contribution >= 4 is 5.91 Å². The Bertz CT molecular complexity index is 824. The molecule has 24 heavy (non-hydrogen) atoms. The van der Waals surface area contributed by atoms with Crippen LogP contribution in [0.15, 0.2) is 67.0 Å². The predicted octanol–water partition coefficient (Wildman–Crippen LogP) is 3.38. The topological polar surface area (TPSA) is 38.1 Å². The normalized spacial score (nSPS) is 10.6. The van der Waals surface area contributed by atoms with Crippen LogP contribution in [0.4, 0.5) is 0 Å². The summed E-state index contributed by atoms with van der Waals surface area (Å²) in [5.74, 6) is 0.108. The third-order valence-corrected chi connectivity index (χ3v) is 4.11. The van der Waals surface area contributed by atoms with Crippen LogP contribution in [-0.4, -0.2) is 27.6 Å². The zero-order valence-corrected chi connectivity index (χ0v) is 14.0. The smallest absolute Gasteiger partial charge is 0.227 e. The number of aryl methyl sites for hydroxylation is 1. The van der Waals surface area contributed by atoms with Gasteiger partial charge in [0.15, 0.2) is 0 Å². The lowest BCUT2D eigenvalue weighted by Crippen LogP contribution is -2.27. The van der Waals surface area contributed by atoms with Gasteiger partial charge in [-0.2, -0.15) is 5.10 Å². The third-order valence-electron chi connectivity index (χ3n) is 4.11. The number of amides is 1. The summed E-state index contributed by atoms with van der Waals surface area (Å²) in [5.41, 5.74) is 4.25. The quantitative estimate of drug-likeness (QED) is 0.723. The summed E-state index contributed by atoms with van der Waals surface area (Å²) in [4.78, 5) is 14.2. The second-order valence-corrected chi connectivity index (χ2v) is 5.98. The van der Waals surface area contributed by atoms with Crippen molar-refractivity contribution in [3.8, 4) is 5.69 Å². The second-order valence-electron chi connectivity index (χ2n) is 5.98. The fourth-order valence-corrected chi connectivity index (χ4v) is 2.63. The molecule has 0 saturated carbocycles. The largest absolute Gasteiger partial charge is 0.341 e. The Morgan fingerprint density at radius 1 is 1.08 bits per heavy atom. The Labute approximate surface area is 142 Å². The molecule has 0 aliphatic heterocycles. The van der Waals surface area contributed by atoms with Gasteiger partial charge in [-0.3, -0.25) is 4.79 Å². The summed E-state index contributed by atoms with van der Waals surface area (Å²) >= 11 is 0. The first-order chi connectivity index (χ1) is 11.6. The molecule has 0 unspecified atom stereocenters. The SMILES string of the molecule is Cc1ccccc1CC(=O)N(C)Cc1cnn(-c2ccccc2)c1. The lowest BCUT2D eigenvalue weighted by molar-refractivity contribution is -0.129. The summed E-state index contributed by atoms with van der Waals surface area (Å²) in [6, 6.07) is 18.0. The van der Waals surface area contributed by atoms with Crippen LogP contribution in [0, 0.1) is 6.92 Å². The first-order valence-corrected chi connectivity index (χ1v) is 8.01. The number of nitrogens with zero attached hydrogens (tertiary/aromatic N) is 3. The first-order valence-electron chi connectivity index (χ1n) is 8.01. The van der Waals surface area contributed by atoms with Gasteiger partial charge in [0.1, 0.15) is 0 Å². The van der Waals surface area contributed by atoms with Gasteiger partial charge in [0.05, 0.1) is 18.3 Å². The highest BCUT2D eigenvalue weighted by molar-refractivity contribution is 5.78. The lowest BCUT2D eigenvalue weighted by Gasteiger charge is -2.17. The van der Waals surface area contributed by atoms with Crippen LogP contribution in [0.2, 0.25) is 0 Å². The molecule has 0 spiro atoms. The number of rotatable bonds is 5. The highest BCUT2D eigenvalue weighted by atomic mass is 16.2. The lowest BCUT2D eigenvalue weighted by atomic mass is 10.1. The molecule has 0 saturated heterocycles. The molecule has 3 aromatic rings. The first kappa shape index (κ1) is 16.0. The highest BCUT2D eigenvalue weighted by Crippen LogP contribution is 2.12. The van der Waals surface area contributed by atoms with Crippen LogP contribution < -0.4 is 0 Å². The van der Waals surface area contributed by atoms with Gasteiger partial charge in [-0.15, -0.1) is 0 Å². The van der Waals surface area contributed by atoms with Crippen molar-refractivity contribution in [3.05, 3.63) is 83.7 Å². The fourth-order valence-electron chi connectivity index (χ4n) is 2.63. The summed E-state index contributed by atoms with van der Waals surface area (Å²) in [6.07, 6.45) is 4.20. The van der Waals surface area contributed by atoms with Crippen molar-refractivity contribution in [1.29, 1.82) is 0 Å². The van der Waals surface area contributed by atoms with E-state index >= 15 is 0 Å². The average molecular weight is 319 g/mol. The molecule has 0 atom stereocenters. The van der Waals surface area contributed by atoms with Gasteiger partial charge in [-0.25, -0.2) is 4.68 Å². The third kappa shape index (κ3) is 3.71. The molecule has 3 rings (SSSR count). The Morgan fingerprint density at radius 2 is 1.79 bits per heavy atom. The van der Waals surface area contributed by atoms with E-state index in [2.05, 4.69) is 5.10 Å². The van der Waals surface area contributed by atoms with Crippen LogP contribution in [0.5, 0.6) is 0 Å². The molecule has 4 heteroatoms. The van der Waals surface area contributed by atoms with Crippen LogP contribution in [0.3, 0.4) is 0 Å². The van der Waals surface area contributed by atoms with Gasteiger partial charge in [0.25, 0.3) is 0 Å². The maximum absolute atomic E-state index is 12.4. The molecule has 0 radical (unpaired) electrons. The summed E-state index contributed by atoms with van der Waals surface area (Å²) < 4.78 is 1.83. The van der Waals surface area contributed by atoms with Gasteiger partial charge < -0.3 is 4.90 Å². The van der Waals surface area contributed by atoms with E-state index in [1.807, 2.05) is 85.6 Å². The van der Waals surface area contributed by atoms with E-state index < -0.39 is 0 Å². The second kappa shape index (κ2) is 7.13. The zero-order chi connectivity index (χ0) is 16.9. The van der Waals surface area contributed by atoms with E-state index in [0.717, 1.165) is 22.4 Å². The van der Waals surface area contributed by atoms with Crippen LogP contribution >= 0.6 is 0 Å². The van der Waals surface area contributed by atoms with Gasteiger partial charge in [0, 0.05) is 25.4 Å². The van der Waals surface area contributed by atoms with Crippen molar-refractivity contribution in [2.24, 2.45) is 0 Å². The molecule has 0 N–H and O–H groups in total. The van der Waals surface area contributed by atoms with E-state index in [4.69, 9.17) is 0 Å². The molecule has 1 aromatic heterocycles. The molecular formula is C20H21N3O. The van der Waals surface area contributed by atoms with Crippen molar-refractivity contribution in [3.63, 3.8) is 0 Å². The number of likely N-dealkylation sites (N-methyl/N-ethyl adjacent to an activating group) is 1. The van der Waals surface area contributed by atoms with E-state index in [9.17, 15) is 4.79 Å². The Morgan fingerprint density at radius 3 is 2.54 bits per heavy atom. The van der Waals surface area contributed by atoms with Crippen molar-refractivity contribution in [2.75, 3.05) is 7.05 Å². The fraction of sp³-hybridized carbons (Fsp3) is 0.200. The molecule has 2 aromatic carbocycles. The summed E-state index contributed by atoms with van der Waals surface area (Å²) in [7, 11) is 1.83. The molecule has 0 aliphatic rings. The van der Waals surface area contributed by atoms with Crippen LogP contribution in [0.25, 0.3) is 5.69 Å². The Balaban J connectivity index is 1.65. The monoisotopic (exact) mass is 319 g/mol. The van der Waals surface area contributed by atoms with E-state index in [0.29, 0.717) is 13.0 Å². The van der Waals surface area contributed by atoms with Gasteiger partial charge in [-0.1, -0.05) is 42.5 Å². The zero-order valence-electron chi connectivity index (χ0n) is 14.0. The minimum atomic E-state index is 0.108. The Kier molecular flexibility index (Phi) is 4.75. The number of aromatic nitrogens is 2. The van der Waals surface area contributed by atoms with E-state index in [-0.39, 0.29) is 5.91 Å². The highest BCUT2D eigenvalue weighted by Gasteiger charge is 2.12. The van der Waals surface area contributed by atoms with E-state index in [1.54, 1.807) is 4.90 Å². The van der Waals surface area contributed by atoms with Crippen molar-refractivity contribution in [2.45, 2.75) is 19.9 Å². The number of carbonyl (C=O) groups excluding carboxylic acids is 1. The average Bonchev–Trinajstić information content (AvgIpc) is 3.06. The number of hydrogen-bond donors (Lipinski definition) is 0. The van der Waals surface area contributed by atoms with Gasteiger partial charge in [0.2, 0.25) is 5.91 Å². The number of benzene rings is 2. The number of para-hydroxylation sites is 1. The minimum Gasteiger partial charge on any atom is -0.341 e. The molecule has 122 valence electrons. The van der Waals surface area contributed by atoms with E-state index in [1.165, 1.54) is 0 Å². The molecule has 0 bridgehead atoms. The van der Waals surface area contributed by atoms with Gasteiger partial charge >= 0.3 is 0 Å². The van der Waals surface area contributed by atoms with Crippen molar-refractivity contribution in [1.82, 2.24) is 14.7 Å². The minimum absolute atomic E-state index is 0.108. The Hall–Kier alpha value is -2.88. The van der Waals surface area contributed by atoms with Crippen LogP contribution in [0.1, 0.15) is 16.7 Å². The summed E-state index contributed by atoms with van der Waals surface area (Å²) in [6.45, 7) is 2.59. The molecular weight excluding hydrogens is 298 g/mol. The molecule has 0 fully saturated rings. The van der Waals surface area contributed by atoms with Crippen molar-refractivity contribution < 1.29 is 4.79 Å². The number of carbonyl (C=O) groups is 1. The predicted molar refractivity (Wildman–Crippen MR) is 94.9 cm³/mol. The number of hydrogen-bond acceptors (Lipinski definition) is 2.